The molecule has 0 aliphatic rings. The molecule has 0 radical (unpaired) electrons. The van der Waals surface area contributed by atoms with Crippen molar-refractivity contribution in [3.8, 4) is 11.8 Å². The molecular weight excluding hydrogens is 280 g/mol. The van der Waals surface area contributed by atoms with Crippen LogP contribution in [0.1, 0.15) is 68.2 Å². The molecule has 0 saturated heterocycles. The second-order valence-corrected chi connectivity index (χ2v) is 12.5. The summed E-state index contributed by atoms with van der Waals surface area (Å²) in [5.74, 6) is 5.41. The van der Waals surface area contributed by atoms with Crippen LogP contribution in [0.3, 0.4) is 0 Å². The Morgan fingerprint density at radius 3 is 1.86 bits per heavy atom. The van der Waals surface area contributed by atoms with Gasteiger partial charge >= 0.3 is 0 Å². The minimum Gasteiger partial charge on any atom is -0.518 e. The number of carbonyl (C=O) groups is 1. The van der Waals surface area contributed by atoms with Crippen LogP contribution in [0.15, 0.2) is 0 Å². The molecule has 4 heteroatoms. The topological polar surface area (TPSA) is 46.5 Å². The summed E-state index contributed by atoms with van der Waals surface area (Å²) >= 11 is 0. The summed E-state index contributed by atoms with van der Waals surface area (Å²) in [6, 6.07) is 0. The number of aliphatic hydroxyl groups is 1. The Hall–Kier alpha value is -0.793. The minimum atomic E-state index is -2.13. The monoisotopic (exact) mass is 312 g/mol. The third-order valence-electron chi connectivity index (χ3n) is 3.85. The van der Waals surface area contributed by atoms with Crippen LogP contribution in [0.2, 0.25) is 16.6 Å². The van der Waals surface area contributed by atoms with Gasteiger partial charge in [-0.05, 0) is 30.5 Å². The fourth-order valence-electron chi connectivity index (χ4n) is 3.05. The van der Waals surface area contributed by atoms with Crippen LogP contribution in [0, 0.1) is 11.8 Å². The van der Waals surface area contributed by atoms with Crippen LogP contribution in [0.25, 0.3) is 0 Å². The van der Waals surface area contributed by atoms with Gasteiger partial charge in [0.1, 0.15) is 5.60 Å². The first-order valence-electron chi connectivity index (χ1n) is 7.87. The molecule has 0 heterocycles. The van der Waals surface area contributed by atoms with E-state index in [-0.39, 0.29) is 5.97 Å². The SMILES string of the molecule is CC(C)[Si](OC(=O)CCC#CC(C)(C)O)(C(C)C)C(C)C. The fraction of sp³-hybridized carbons (Fsp3) is 0.824. The maximum Gasteiger partial charge on any atom is 0.293 e. The van der Waals surface area contributed by atoms with E-state index >= 15 is 0 Å². The van der Waals surface area contributed by atoms with Gasteiger partial charge in [-0.25, -0.2) is 0 Å². The molecule has 0 bridgehead atoms. The zero-order valence-corrected chi connectivity index (χ0v) is 15.9. The lowest BCUT2D eigenvalue weighted by atomic mass is 10.1. The quantitative estimate of drug-likeness (QED) is 0.589. The van der Waals surface area contributed by atoms with Gasteiger partial charge in [-0.2, -0.15) is 0 Å². The Bertz CT molecular complexity index is 373. The van der Waals surface area contributed by atoms with Gasteiger partial charge in [0.2, 0.25) is 0 Å². The Labute approximate surface area is 131 Å². The molecule has 0 rings (SSSR count). The first-order valence-corrected chi connectivity index (χ1v) is 10.0. The maximum atomic E-state index is 12.2. The highest BCUT2D eigenvalue weighted by molar-refractivity contribution is 6.78. The van der Waals surface area contributed by atoms with Crippen LogP contribution in [-0.4, -0.2) is 25.0 Å². The Balaban J connectivity index is 4.81. The summed E-state index contributed by atoms with van der Waals surface area (Å²) in [5.41, 5.74) is 0.174. The Morgan fingerprint density at radius 2 is 1.52 bits per heavy atom. The highest BCUT2D eigenvalue weighted by Crippen LogP contribution is 2.42. The first-order chi connectivity index (χ1) is 9.43. The number of carbonyl (C=O) groups excluding carboxylic acids is 1. The van der Waals surface area contributed by atoms with Crippen molar-refractivity contribution >= 4 is 14.3 Å². The molecule has 0 aromatic heterocycles. The number of rotatable bonds is 6. The van der Waals surface area contributed by atoms with Gasteiger partial charge in [-0.15, -0.1) is 0 Å². The molecule has 0 fully saturated rings. The molecule has 0 aromatic carbocycles. The third kappa shape index (κ3) is 6.23. The zero-order chi connectivity index (χ0) is 16.8. The van der Waals surface area contributed by atoms with E-state index < -0.39 is 13.9 Å². The van der Waals surface area contributed by atoms with Crippen molar-refractivity contribution in [2.75, 3.05) is 0 Å². The van der Waals surface area contributed by atoms with Gasteiger partial charge in [0.05, 0.1) is 6.42 Å². The molecule has 0 spiro atoms. The lowest BCUT2D eigenvalue weighted by Gasteiger charge is -2.41. The van der Waals surface area contributed by atoms with E-state index in [4.69, 9.17) is 4.43 Å². The van der Waals surface area contributed by atoms with Crippen molar-refractivity contribution < 1.29 is 14.3 Å². The van der Waals surface area contributed by atoms with Crippen molar-refractivity contribution in [2.45, 2.75) is 90.5 Å². The average Bonchev–Trinajstić information content (AvgIpc) is 2.29. The van der Waals surface area contributed by atoms with Crippen LogP contribution in [-0.2, 0) is 9.22 Å². The van der Waals surface area contributed by atoms with Crippen molar-refractivity contribution in [3.63, 3.8) is 0 Å². The van der Waals surface area contributed by atoms with E-state index in [0.29, 0.717) is 29.5 Å². The summed E-state index contributed by atoms with van der Waals surface area (Å²) in [5, 5.41) is 9.50. The molecule has 3 nitrogen and oxygen atoms in total. The predicted molar refractivity (Wildman–Crippen MR) is 90.4 cm³/mol. The van der Waals surface area contributed by atoms with E-state index in [2.05, 4.69) is 53.4 Å². The summed E-state index contributed by atoms with van der Waals surface area (Å²) in [6.07, 6.45) is 0.728. The average molecular weight is 313 g/mol. The van der Waals surface area contributed by atoms with Gasteiger partial charge in [-0.1, -0.05) is 53.4 Å². The molecule has 0 aromatic rings. The molecule has 0 amide bonds. The second kappa shape index (κ2) is 8.00. The Kier molecular flexibility index (Phi) is 7.70. The molecule has 21 heavy (non-hydrogen) atoms. The Morgan fingerprint density at radius 1 is 1.10 bits per heavy atom. The molecule has 0 aliphatic heterocycles. The molecule has 122 valence electrons. The van der Waals surface area contributed by atoms with Gasteiger partial charge in [0.15, 0.2) is 0 Å². The molecule has 0 aliphatic carbocycles. The van der Waals surface area contributed by atoms with E-state index in [9.17, 15) is 9.90 Å². The minimum absolute atomic E-state index is 0.150. The smallest absolute Gasteiger partial charge is 0.293 e. The van der Waals surface area contributed by atoms with E-state index in [1.807, 2.05) is 0 Å². The third-order valence-corrected chi connectivity index (χ3v) is 9.84. The lowest BCUT2D eigenvalue weighted by Crippen LogP contribution is -2.49. The highest BCUT2D eigenvalue weighted by atomic mass is 28.4. The molecule has 0 atom stereocenters. The van der Waals surface area contributed by atoms with Crippen LogP contribution < -0.4 is 0 Å². The summed E-state index contributed by atoms with van der Waals surface area (Å²) < 4.78 is 6.02. The van der Waals surface area contributed by atoms with Gasteiger partial charge in [0.25, 0.3) is 14.3 Å². The molecule has 0 saturated carbocycles. The summed E-state index contributed by atoms with van der Waals surface area (Å²) in [7, 11) is -2.13. The molecular formula is C17H32O3Si. The van der Waals surface area contributed by atoms with Gasteiger partial charge in [-0.3, -0.25) is 4.79 Å². The largest absolute Gasteiger partial charge is 0.518 e. The zero-order valence-electron chi connectivity index (χ0n) is 14.9. The van der Waals surface area contributed by atoms with Gasteiger partial charge < -0.3 is 9.53 Å². The first kappa shape index (κ1) is 20.2. The highest BCUT2D eigenvalue weighted by Gasteiger charge is 2.47. The van der Waals surface area contributed by atoms with Crippen LogP contribution in [0.5, 0.6) is 0 Å². The van der Waals surface area contributed by atoms with Crippen LogP contribution in [0.4, 0.5) is 0 Å². The number of hydrogen-bond acceptors (Lipinski definition) is 3. The van der Waals surface area contributed by atoms with E-state index in [1.165, 1.54) is 0 Å². The van der Waals surface area contributed by atoms with E-state index in [0.717, 1.165) is 0 Å². The fourth-order valence-corrected chi connectivity index (χ4v) is 8.25. The lowest BCUT2D eigenvalue weighted by molar-refractivity contribution is -0.135. The maximum absolute atomic E-state index is 12.2. The van der Waals surface area contributed by atoms with Gasteiger partial charge in [0, 0.05) is 6.42 Å². The van der Waals surface area contributed by atoms with Crippen molar-refractivity contribution in [3.05, 3.63) is 0 Å². The van der Waals surface area contributed by atoms with Crippen molar-refractivity contribution in [1.29, 1.82) is 0 Å². The normalized spacial score (nSPS) is 12.6. The van der Waals surface area contributed by atoms with Crippen molar-refractivity contribution in [2.24, 2.45) is 0 Å². The molecule has 0 unspecified atom stereocenters. The van der Waals surface area contributed by atoms with E-state index in [1.54, 1.807) is 13.8 Å². The summed E-state index contributed by atoms with van der Waals surface area (Å²) in [4.78, 5) is 12.2. The second-order valence-electron chi connectivity index (χ2n) is 7.15. The predicted octanol–water partition coefficient (Wildman–Crippen LogP) is 4.26. The molecule has 1 N–H and O–H groups in total. The summed E-state index contributed by atoms with van der Waals surface area (Å²) in [6.45, 7) is 16.2. The van der Waals surface area contributed by atoms with Crippen molar-refractivity contribution in [1.82, 2.24) is 0 Å². The standard InChI is InChI=1S/C17H32O3Si/c1-13(2)21(14(3)4,15(5)6)20-16(18)11-9-10-12-17(7,8)19/h13-15,19H,9,11H2,1-8H3. The number of hydrogen-bond donors (Lipinski definition) is 1. The van der Waals surface area contributed by atoms with Crippen LogP contribution >= 0.6 is 0 Å².